The number of hydrogen-bond donors (Lipinski definition) is 2. The van der Waals surface area contributed by atoms with E-state index in [-0.39, 0.29) is 6.54 Å². The average molecular weight is 268 g/mol. The number of amides is 2. The van der Waals surface area contributed by atoms with Crippen LogP contribution in [0, 0.1) is 0 Å². The van der Waals surface area contributed by atoms with Gasteiger partial charge in [-0.25, -0.2) is 4.79 Å². The van der Waals surface area contributed by atoms with Gasteiger partial charge >= 0.3 is 12.0 Å². The lowest BCUT2D eigenvalue weighted by Crippen LogP contribution is -2.38. The van der Waals surface area contributed by atoms with Gasteiger partial charge in [-0.05, 0) is 25.3 Å². The number of nitrogens with zero attached hydrogens (tertiary/aromatic N) is 1. The van der Waals surface area contributed by atoms with Crippen molar-refractivity contribution in [2.75, 3.05) is 24.7 Å². The molecule has 0 radical (unpaired) electrons. The standard InChI is InChI=1S/C12H16N2O3S/c1-3-14(8-11(15)16)12(17)13-9-6-4-5-7-10(9)18-2/h4-7H,3,8H2,1-2H3,(H,13,17)(H,15,16). The molecule has 2 amide bonds. The topological polar surface area (TPSA) is 69.6 Å². The fourth-order valence-electron chi connectivity index (χ4n) is 1.43. The molecule has 0 saturated heterocycles. The molecule has 0 bridgehead atoms. The van der Waals surface area contributed by atoms with Crippen molar-refractivity contribution in [3.63, 3.8) is 0 Å². The van der Waals surface area contributed by atoms with Crippen LogP contribution in [0.25, 0.3) is 0 Å². The normalized spacial score (nSPS) is 9.89. The molecular formula is C12H16N2O3S. The number of anilines is 1. The Morgan fingerprint density at radius 1 is 1.39 bits per heavy atom. The molecular weight excluding hydrogens is 252 g/mol. The van der Waals surface area contributed by atoms with Crippen LogP contribution in [-0.2, 0) is 4.79 Å². The predicted octanol–water partition coefficient (Wildman–Crippen LogP) is 2.35. The minimum Gasteiger partial charge on any atom is -0.480 e. The molecule has 1 aromatic carbocycles. The fraction of sp³-hybridized carbons (Fsp3) is 0.333. The second-order valence-electron chi connectivity index (χ2n) is 3.54. The number of rotatable bonds is 5. The Bertz CT molecular complexity index is 437. The largest absolute Gasteiger partial charge is 0.480 e. The molecule has 0 aromatic heterocycles. The van der Waals surface area contributed by atoms with Crippen LogP contribution >= 0.6 is 11.8 Å². The number of nitrogens with one attached hydrogen (secondary N) is 1. The summed E-state index contributed by atoms with van der Waals surface area (Å²) in [7, 11) is 0. The highest BCUT2D eigenvalue weighted by molar-refractivity contribution is 7.98. The third-order valence-corrected chi connectivity index (χ3v) is 3.14. The summed E-state index contributed by atoms with van der Waals surface area (Å²) in [5, 5.41) is 11.4. The summed E-state index contributed by atoms with van der Waals surface area (Å²) in [6, 6.07) is 6.99. The van der Waals surface area contributed by atoms with Crippen LogP contribution in [-0.4, -0.2) is 41.4 Å². The van der Waals surface area contributed by atoms with Gasteiger partial charge < -0.3 is 15.3 Å². The van der Waals surface area contributed by atoms with Crippen LogP contribution in [0.15, 0.2) is 29.2 Å². The molecule has 0 atom stereocenters. The van der Waals surface area contributed by atoms with Crippen LogP contribution in [0.1, 0.15) is 6.92 Å². The van der Waals surface area contributed by atoms with Crippen LogP contribution in [0.2, 0.25) is 0 Å². The lowest BCUT2D eigenvalue weighted by atomic mass is 10.3. The monoisotopic (exact) mass is 268 g/mol. The first-order chi connectivity index (χ1) is 8.58. The van der Waals surface area contributed by atoms with E-state index in [1.165, 1.54) is 16.7 Å². The number of carbonyl (C=O) groups excluding carboxylic acids is 1. The second-order valence-corrected chi connectivity index (χ2v) is 4.39. The molecule has 98 valence electrons. The molecule has 0 spiro atoms. The van der Waals surface area contributed by atoms with Gasteiger partial charge in [0.1, 0.15) is 6.54 Å². The number of benzene rings is 1. The zero-order valence-corrected chi connectivity index (χ0v) is 11.2. The number of carboxylic acid groups (broad SMARTS) is 1. The van der Waals surface area contributed by atoms with E-state index in [2.05, 4.69) is 5.32 Å². The summed E-state index contributed by atoms with van der Waals surface area (Å²) in [6.45, 7) is 1.78. The van der Waals surface area contributed by atoms with Gasteiger partial charge in [-0.1, -0.05) is 12.1 Å². The Morgan fingerprint density at radius 3 is 2.61 bits per heavy atom. The number of carbonyl (C=O) groups is 2. The molecule has 0 fully saturated rings. The third kappa shape index (κ3) is 3.96. The summed E-state index contributed by atoms with van der Waals surface area (Å²) in [6.07, 6.45) is 1.92. The maximum Gasteiger partial charge on any atom is 0.323 e. The zero-order valence-electron chi connectivity index (χ0n) is 10.3. The first-order valence-corrected chi connectivity index (χ1v) is 6.71. The molecule has 1 rings (SSSR count). The molecule has 6 heteroatoms. The zero-order chi connectivity index (χ0) is 13.5. The smallest absolute Gasteiger partial charge is 0.323 e. The van der Waals surface area contributed by atoms with Crippen molar-refractivity contribution in [3.8, 4) is 0 Å². The van der Waals surface area contributed by atoms with E-state index in [9.17, 15) is 9.59 Å². The number of hydrogen-bond acceptors (Lipinski definition) is 3. The van der Waals surface area contributed by atoms with Gasteiger partial charge in [0, 0.05) is 11.4 Å². The molecule has 5 nitrogen and oxygen atoms in total. The third-order valence-electron chi connectivity index (χ3n) is 2.34. The van der Waals surface area contributed by atoms with Gasteiger partial charge in [-0.2, -0.15) is 0 Å². The maximum absolute atomic E-state index is 11.9. The minimum absolute atomic E-state index is 0.302. The Morgan fingerprint density at radius 2 is 2.06 bits per heavy atom. The first kappa shape index (κ1) is 14.4. The fourth-order valence-corrected chi connectivity index (χ4v) is 1.99. The van der Waals surface area contributed by atoms with Gasteiger partial charge in [-0.3, -0.25) is 4.79 Å². The number of aliphatic carboxylic acids is 1. The van der Waals surface area contributed by atoms with E-state index < -0.39 is 12.0 Å². The number of likely N-dealkylation sites (N-methyl/N-ethyl adjacent to an activating group) is 1. The molecule has 0 aliphatic heterocycles. The lowest BCUT2D eigenvalue weighted by molar-refractivity contribution is -0.137. The Hall–Kier alpha value is -1.69. The lowest BCUT2D eigenvalue weighted by Gasteiger charge is -2.20. The van der Waals surface area contributed by atoms with E-state index in [1.807, 2.05) is 24.5 Å². The molecule has 0 aliphatic carbocycles. The van der Waals surface area contributed by atoms with Gasteiger partial charge in [0.25, 0.3) is 0 Å². The SMILES string of the molecule is CCN(CC(=O)O)C(=O)Nc1ccccc1SC. The van der Waals surface area contributed by atoms with Crippen molar-refractivity contribution in [2.45, 2.75) is 11.8 Å². The number of urea groups is 1. The van der Waals surface area contributed by atoms with E-state index in [1.54, 1.807) is 13.0 Å². The van der Waals surface area contributed by atoms with E-state index in [4.69, 9.17) is 5.11 Å². The van der Waals surface area contributed by atoms with Crippen molar-refractivity contribution >= 4 is 29.4 Å². The molecule has 2 N–H and O–H groups in total. The summed E-state index contributed by atoms with van der Waals surface area (Å²) < 4.78 is 0. The number of para-hydroxylation sites is 1. The van der Waals surface area contributed by atoms with Gasteiger partial charge in [0.05, 0.1) is 5.69 Å². The molecule has 1 aromatic rings. The highest BCUT2D eigenvalue weighted by Crippen LogP contribution is 2.24. The van der Waals surface area contributed by atoms with Crippen LogP contribution < -0.4 is 5.32 Å². The Balaban J connectivity index is 2.76. The first-order valence-electron chi connectivity index (χ1n) is 5.49. The highest BCUT2D eigenvalue weighted by Gasteiger charge is 2.15. The van der Waals surface area contributed by atoms with Gasteiger partial charge in [0.2, 0.25) is 0 Å². The van der Waals surface area contributed by atoms with Crippen molar-refractivity contribution in [3.05, 3.63) is 24.3 Å². The predicted molar refractivity (Wildman–Crippen MR) is 72.1 cm³/mol. The Labute approximate surface area is 110 Å². The highest BCUT2D eigenvalue weighted by atomic mass is 32.2. The molecule has 0 heterocycles. The summed E-state index contributed by atoms with van der Waals surface area (Å²) in [5.41, 5.74) is 0.693. The number of carboxylic acids is 1. The van der Waals surface area contributed by atoms with Crippen molar-refractivity contribution in [1.29, 1.82) is 0 Å². The van der Waals surface area contributed by atoms with Gasteiger partial charge in [0.15, 0.2) is 0 Å². The molecule has 0 aliphatic rings. The molecule has 0 saturated carbocycles. The summed E-state index contributed by atoms with van der Waals surface area (Å²) in [4.78, 5) is 24.7. The van der Waals surface area contributed by atoms with Crippen molar-refractivity contribution < 1.29 is 14.7 Å². The second kappa shape index (κ2) is 6.90. The minimum atomic E-state index is -1.02. The molecule has 18 heavy (non-hydrogen) atoms. The van der Waals surface area contributed by atoms with Crippen molar-refractivity contribution in [1.82, 2.24) is 4.90 Å². The maximum atomic E-state index is 11.9. The van der Waals surface area contributed by atoms with E-state index in [0.29, 0.717) is 12.2 Å². The van der Waals surface area contributed by atoms with E-state index in [0.717, 1.165) is 4.90 Å². The summed E-state index contributed by atoms with van der Waals surface area (Å²) >= 11 is 1.52. The Kier molecular flexibility index (Phi) is 5.51. The summed E-state index contributed by atoms with van der Waals surface area (Å²) in [5.74, 6) is -1.02. The number of thioether (sulfide) groups is 1. The van der Waals surface area contributed by atoms with E-state index >= 15 is 0 Å². The van der Waals surface area contributed by atoms with Crippen LogP contribution in [0.5, 0.6) is 0 Å². The molecule has 0 unspecified atom stereocenters. The van der Waals surface area contributed by atoms with Gasteiger partial charge in [-0.15, -0.1) is 11.8 Å². The van der Waals surface area contributed by atoms with Crippen molar-refractivity contribution in [2.24, 2.45) is 0 Å². The van der Waals surface area contributed by atoms with Crippen LogP contribution in [0.3, 0.4) is 0 Å². The quantitative estimate of drug-likeness (QED) is 0.804. The average Bonchev–Trinajstić information content (AvgIpc) is 2.36. The van der Waals surface area contributed by atoms with Crippen LogP contribution in [0.4, 0.5) is 10.5 Å².